The van der Waals surface area contributed by atoms with Crippen LogP contribution >= 0.6 is 15.6 Å². The van der Waals surface area contributed by atoms with E-state index in [9.17, 15) is 59.1 Å². The minimum Gasteiger partial charge on any atom is -0.388 e. The van der Waals surface area contributed by atoms with Crippen LogP contribution in [-0.2, 0) is 48.9 Å². The average Bonchev–Trinajstić information content (AvgIpc) is 4.00. The van der Waals surface area contributed by atoms with E-state index >= 15 is 0 Å². The molecule has 2 saturated heterocycles. The van der Waals surface area contributed by atoms with Crippen LogP contribution in [-0.4, -0.2) is 136 Å². The summed E-state index contributed by atoms with van der Waals surface area (Å²) >= 11 is 0. The first-order valence-corrected chi connectivity index (χ1v) is 24.0. The van der Waals surface area contributed by atoms with E-state index in [1.54, 1.807) is 0 Å². The molecule has 352 valence electrons. The van der Waals surface area contributed by atoms with Crippen LogP contribution in [0.4, 0.5) is 5.95 Å². The minimum absolute atomic E-state index is 0.0476. The summed E-state index contributed by atoms with van der Waals surface area (Å²) in [7, 11) is -11.3. The summed E-state index contributed by atoms with van der Waals surface area (Å²) in [6.45, 7) is 2.99. The highest BCUT2D eigenvalue weighted by Gasteiger charge is 2.65. The molecule has 3 saturated carbocycles. The Balaban J connectivity index is 0.826. The van der Waals surface area contributed by atoms with Gasteiger partial charge in [0.25, 0.3) is 5.56 Å². The lowest BCUT2D eigenvalue weighted by atomic mass is 9.46. The van der Waals surface area contributed by atoms with E-state index in [0.717, 1.165) is 49.4 Å². The zero-order chi connectivity index (χ0) is 45.9. The van der Waals surface area contributed by atoms with Crippen LogP contribution in [0.3, 0.4) is 0 Å². The molecule has 64 heavy (non-hydrogen) atoms. The molecule has 4 aliphatic carbocycles. The molecular weight excluding hydrogens is 890 g/mol. The second-order valence-electron chi connectivity index (χ2n) is 18.4. The Morgan fingerprint density at radius 1 is 0.922 bits per heavy atom. The minimum atomic E-state index is -5.74. The summed E-state index contributed by atoms with van der Waals surface area (Å²) in [5.74, 6) is 0.841. The predicted molar refractivity (Wildman–Crippen MR) is 214 cm³/mol. The normalized spacial score (nSPS) is 41.8. The van der Waals surface area contributed by atoms with E-state index in [0.29, 0.717) is 30.4 Å². The SMILES string of the molecule is C[C@]12CCC(=O)C=C1CC[C@@H]1[C@@H]2CC[C@@]2(C)[C@H]1CC[C@@]2(O)c1cn(C[C@@H]2O[C@H](OP(=O)(O)OP(=O)(O)OC[C@H]3O[C@@H](n4cnc5c(=O)[nH]c(N)nc54)[C@H](O)[C@@H]3O)[C@@H](O)[C@H](O)[C@@H]2O)nn1. The molecule has 3 aromatic heterocycles. The van der Waals surface area contributed by atoms with Gasteiger partial charge in [-0.15, -0.1) is 5.10 Å². The van der Waals surface area contributed by atoms with Crippen LogP contribution in [0.1, 0.15) is 77.1 Å². The van der Waals surface area contributed by atoms with Crippen LogP contribution in [0.15, 0.2) is 29.0 Å². The van der Waals surface area contributed by atoms with E-state index in [4.69, 9.17) is 24.3 Å². The van der Waals surface area contributed by atoms with E-state index in [1.165, 1.54) is 16.5 Å². The number of ether oxygens (including phenoxy) is 2. The highest BCUT2D eigenvalue weighted by Crippen LogP contribution is 2.69. The number of phosphoric acid groups is 2. The lowest BCUT2D eigenvalue weighted by Crippen LogP contribution is -2.59. The van der Waals surface area contributed by atoms with Crippen LogP contribution in [0.25, 0.3) is 11.2 Å². The number of aliphatic hydroxyl groups excluding tert-OH is 5. The topological polar surface area (TPSA) is 380 Å². The van der Waals surface area contributed by atoms with Gasteiger partial charge in [-0.2, -0.15) is 9.29 Å². The van der Waals surface area contributed by atoms with Crippen molar-refractivity contribution in [3.63, 3.8) is 0 Å². The number of aromatic amines is 1. The number of rotatable bonds is 11. The maximum atomic E-state index is 13.0. The van der Waals surface area contributed by atoms with Crippen LogP contribution in [0.5, 0.6) is 0 Å². The molecule has 9 rings (SSSR count). The Bertz CT molecular complexity index is 2500. The number of ketones is 1. The largest absolute Gasteiger partial charge is 0.483 e. The number of phosphoric ester groups is 2. The average molecular weight is 943 g/mol. The van der Waals surface area contributed by atoms with Crippen molar-refractivity contribution in [2.75, 3.05) is 12.3 Å². The molecule has 0 spiro atoms. The number of aromatic nitrogens is 7. The number of imidazole rings is 1. The van der Waals surface area contributed by atoms with Crippen molar-refractivity contribution < 1.29 is 77.2 Å². The quantitative estimate of drug-likeness (QED) is 0.107. The van der Waals surface area contributed by atoms with Crippen molar-refractivity contribution in [3.8, 4) is 0 Å². The zero-order valence-electron chi connectivity index (χ0n) is 34.6. The van der Waals surface area contributed by atoms with E-state index < -0.39 is 94.1 Å². The van der Waals surface area contributed by atoms with Crippen LogP contribution in [0.2, 0.25) is 0 Å². The number of nitrogens with one attached hydrogen (secondary N) is 1. The standard InChI is InChI=1S/C37H52N8O17P2/c1-35-8-5-17(46)11-16(35)3-4-18-19(35)6-9-36(2)20(18)7-10-37(36,53)23-13-44(43-42-23)12-21-25(47)27(49)29(51)33(60-21)61-64(56,57)62-63(54,55)58-14-22-26(48)28(50)32(59-22)45-15-39-24-30(45)40-34(38)41-31(24)52/h11,13,15,18-22,25-29,32-33,47-51,53H,3-10,12,14H2,1-2H3,(H,54,55)(H,56,57)(H3,38,40,41,52)/t18-,19+,20+,21+,22-,25-,26-,27-,28-,29+,32-,33-,35+,36+,37-/m1/s1. The monoisotopic (exact) mass is 942 g/mol. The Morgan fingerprint density at radius 3 is 2.42 bits per heavy atom. The molecule has 11 N–H and O–H groups in total. The first-order valence-electron chi connectivity index (χ1n) is 21.0. The summed E-state index contributed by atoms with van der Waals surface area (Å²) < 4.78 is 53.4. The first-order chi connectivity index (χ1) is 30.0. The molecule has 5 fully saturated rings. The predicted octanol–water partition coefficient (Wildman–Crippen LogP) is -0.610. The number of hydrogen-bond acceptors (Lipinski definition) is 20. The van der Waals surface area contributed by atoms with Gasteiger partial charge in [-0.3, -0.25) is 28.2 Å². The fraction of sp³-hybridized carbons (Fsp3) is 0.730. The Morgan fingerprint density at radius 2 is 1.66 bits per heavy atom. The number of fused-ring (bicyclic) bond motifs is 6. The van der Waals surface area contributed by atoms with Gasteiger partial charge in [0, 0.05) is 11.8 Å². The van der Waals surface area contributed by atoms with Gasteiger partial charge in [0.05, 0.1) is 25.7 Å². The van der Waals surface area contributed by atoms with Gasteiger partial charge < -0.3 is 55.6 Å². The fourth-order valence-corrected chi connectivity index (χ4v) is 13.8. The number of carbonyl (C=O) groups is 1. The Hall–Kier alpha value is -3.36. The summed E-state index contributed by atoms with van der Waals surface area (Å²) in [5.41, 5.74) is 4.20. The van der Waals surface area contributed by atoms with Crippen molar-refractivity contribution in [2.24, 2.45) is 28.6 Å². The van der Waals surface area contributed by atoms with Crippen molar-refractivity contribution in [1.29, 1.82) is 0 Å². The van der Waals surface area contributed by atoms with Crippen molar-refractivity contribution in [2.45, 2.75) is 133 Å². The molecule has 0 aromatic carbocycles. The Kier molecular flexibility index (Phi) is 11.6. The van der Waals surface area contributed by atoms with Crippen molar-refractivity contribution in [3.05, 3.63) is 40.2 Å². The number of allylic oxidation sites excluding steroid dienone is 1. The number of carbonyl (C=O) groups excluding carboxylic acids is 1. The molecule has 0 radical (unpaired) electrons. The second kappa shape index (κ2) is 16.2. The summed E-state index contributed by atoms with van der Waals surface area (Å²) in [6, 6.07) is 0. The van der Waals surface area contributed by atoms with Gasteiger partial charge in [-0.1, -0.05) is 24.6 Å². The summed E-state index contributed by atoms with van der Waals surface area (Å²) in [4.78, 5) is 55.4. The summed E-state index contributed by atoms with van der Waals surface area (Å²) in [5, 5.41) is 74.4. The smallest absolute Gasteiger partial charge is 0.388 e. The third-order valence-corrected chi connectivity index (χ3v) is 17.6. The van der Waals surface area contributed by atoms with Gasteiger partial charge >= 0.3 is 15.6 Å². The zero-order valence-corrected chi connectivity index (χ0v) is 36.4. The van der Waals surface area contributed by atoms with Gasteiger partial charge in [-0.25, -0.2) is 18.8 Å². The second-order valence-corrected chi connectivity index (χ2v) is 21.4. The molecule has 17 atom stereocenters. The van der Waals surface area contributed by atoms with E-state index in [1.807, 2.05) is 6.08 Å². The van der Waals surface area contributed by atoms with Gasteiger partial charge in [0.1, 0.15) is 54.0 Å². The van der Waals surface area contributed by atoms with Crippen molar-refractivity contribution >= 4 is 38.5 Å². The molecule has 2 aliphatic heterocycles. The number of H-pyrrole nitrogens is 1. The molecule has 0 amide bonds. The molecule has 2 unspecified atom stereocenters. The maximum absolute atomic E-state index is 13.0. The Labute approximate surface area is 363 Å². The molecule has 25 nitrogen and oxygen atoms in total. The number of aliphatic hydroxyl groups is 6. The molecule has 6 aliphatic rings. The third kappa shape index (κ3) is 7.64. The molecule has 5 heterocycles. The molecule has 3 aromatic rings. The molecule has 27 heteroatoms. The van der Waals surface area contributed by atoms with Gasteiger partial charge in [-0.05, 0) is 74.2 Å². The maximum Gasteiger partial charge on any atom is 0.483 e. The fourth-order valence-electron chi connectivity index (χ4n) is 11.6. The number of nitrogen functional groups attached to an aromatic ring is 1. The number of nitrogens with zero attached hydrogens (tertiary/aromatic N) is 6. The van der Waals surface area contributed by atoms with Gasteiger partial charge in [0.2, 0.25) is 5.95 Å². The third-order valence-electron chi connectivity index (χ3n) is 15.0. The molecule has 0 bridgehead atoms. The summed E-state index contributed by atoms with van der Waals surface area (Å²) in [6.07, 6.45) is -5.90. The highest BCUT2D eigenvalue weighted by atomic mass is 31.3. The van der Waals surface area contributed by atoms with Crippen LogP contribution in [0, 0.1) is 28.6 Å². The number of anilines is 1. The van der Waals surface area contributed by atoms with E-state index in [2.05, 4.69) is 43.4 Å². The van der Waals surface area contributed by atoms with Crippen molar-refractivity contribution in [1.82, 2.24) is 34.5 Å². The van der Waals surface area contributed by atoms with Gasteiger partial charge in [0.15, 0.2) is 29.5 Å². The van der Waals surface area contributed by atoms with Crippen LogP contribution < -0.4 is 11.3 Å². The first kappa shape index (κ1) is 45.8. The lowest BCUT2D eigenvalue weighted by Gasteiger charge is -2.59. The highest BCUT2D eigenvalue weighted by molar-refractivity contribution is 7.61. The molecular formula is C37H52N8O17P2. The number of nitrogens with two attached hydrogens (primary N) is 1. The lowest BCUT2D eigenvalue weighted by molar-refractivity contribution is -0.278. The van der Waals surface area contributed by atoms with E-state index in [-0.39, 0.29) is 40.8 Å². The number of hydrogen-bond donors (Lipinski definition) is 10.